The van der Waals surface area contributed by atoms with Crippen LogP contribution in [-0.4, -0.2) is 18.9 Å². The topological polar surface area (TPSA) is 58.6 Å². The predicted molar refractivity (Wildman–Crippen MR) is 78.1 cm³/mol. The number of benzene rings is 1. The SMILES string of the molecule is O=C([O-])c1ccc(F)c(OCOC2CC3CC2C2CCCC32)c1. The largest absolute Gasteiger partial charge is 0.545 e. The molecule has 0 radical (unpaired) electrons. The van der Waals surface area contributed by atoms with Gasteiger partial charge in [0, 0.05) is 5.56 Å². The molecular weight excluding hydrogens is 299 g/mol. The Morgan fingerprint density at radius 2 is 2.04 bits per heavy atom. The van der Waals surface area contributed by atoms with Crippen molar-refractivity contribution in [2.75, 3.05) is 6.79 Å². The molecule has 23 heavy (non-hydrogen) atoms. The van der Waals surface area contributed by atoms with Crippen LogP contribution in [0.1, 0.15) is 42.5 Å². The number of carboxylic acid groups (broad SMARTS) is 1. The Bertz CT molecular complexity index is 617. The molecule has 3 saturated carbocycles. The second-order valence-electron chi connectivity index (χ2n) is 7.05. The van der Waals surface area contributed by atoms with Gasteiger partial charge in [-0.1, -0.05) is 6.42 Å². The van der Waals surface area contributed by atoms with Crippen LogP contribution in [0, 0.1) is 29.5 Å². The van der Waals surface area contributed by atoms with Crippen molar-refractivity contribution in [3.05, 3.63) is 29.6 Å². The number of fused-ring (bicyclic) bond motifs is 5. The molecule has 4 rings (SSSR count). The molecule has 3 fully saturated rings. The van der Waals surface area contributed by atoms with E-state index in [4.69, 9.17) is 9.47 Å². The van der Waals surface area contributed by atoms with E-state index in [2.05, 4.69) is 0 Å². The van der Waals surface area contributed by atoms with Gasteiger partial charge in [-0.15, -0.1) is 0 Å². The highest BCUT2D eigenvalue weighted by atomic mass is 19.1. The van der Waals surface area contributed by atoms with Crippen LogP contribution in [0.5, 0.6) is 5.75 Å². The van der Waals surface area contributed by atoms with Crippen molar-refractivity contribution in [3.63, 3.8) is 0 Å². The minimum Gasteiger partial charge on any atom is -0.545 e. The second kappa shape index (κ2) is 5.78. The van der Waals surface area contributed by atoms with Gasteiger partial charge in [0.2, 0.25) is 0 Å². The van der Waals surface area contributed by atoms with E-state index in [0.717, 1.165) is 42.4 Å². The van der Waals surface area contributed by atoms with Crippen molar-refractivity contribution in [1.82, 2.24) is 0 Å². The number of hydrogen-bond acceptors (Lipinski definition) is 4. The lowest BCUT2D eigenvalue weighted by Gasteiger charge is -2.31. The van der Waals surface area contributed by atoms with E-state index in [1.54, 1.807) is 0 Å². The lowest BCUT2D eigenvalue weighted by molar-refractivity contribution is -0.255. The molecule has 0 heterocycles. The van der Waals surface area contributed by atoms with Gasteiger partial charge in [0.1, 0.15) is 0 Å². The van der Waals surface area contributed by atoms with Crippen molar-refractivity contribution in [2.24, 2.45) is 23.7 Å². The van der Waals surface area contributed by atoms with E-state index in [-0.39, 0.29) is 24.2 Å². The number of ether oxygens (including phenoxy) is 2. The van der Waals surface area contributed by atoms with Crippen LogP contribution < -0.4 is 9.84 Å². The number of halogens is 1. The zero-order valence-electron chi connectivity index (χ0n) is 12.9. The first-order valence-corrected chi connectivity index (χ1v) is 8.39. The van der Waals surface area contributed by atoms with Crippen molar-refractivity contribution in [2.45, 2.75) is 38.2 Å². The van der Waals surface area contributed by atoms with Crippen molar-refractivity contribution >= 4 is 5.97 Å². The van der Waals surface area contributed by atoms with Gasteiger partial charge in [-0.05, 0) is 67.6 Å². The maximum absolute atomic E-state index is 13.7. The van der Waals surface area contributed by atoms with Crippen LogP contribution in [0.4, 0.5) is 4.39 Å². The van der Waals surface area contributed by atoms with Crippen molar-refractivity contribution in [3.8, 4) is 5.75 Å². The van der Waals surface area contributed by atoms with Gasteiger partial charge in [-0.2, -0.15) is 0 Å². The number of aromatic carboxylic acids is 1. The van der Waals surface area contributed by atoms with Crippen LogP contribution in [0.25, 0.3) is 0 Å². The van der Waals surface area contributed by atoms with Crippen LogP contribution in [0.15, 0.2) is 18.2 Å². The molecule has 1 aromatic carbocycles. The number of carbonyl (C=O) groups is 1. The van der Waals surface area contributed by atoms with E-state index >= 15 is 0 Å². The Morgan fingerprint density at radius 3 is 2.87 bits per heavy atom. The lowest BCUT2D eigenvalue weighted by atomic mass is 9.80. The van der Waals surface area contributed by atoms with E-state index in [1.807, 2.05) is 0 Å². The maximum Gasteiger partial charge on any atom is 0.189 e. The molecule has 4 nitrogen and oxygen atoms in total. The Kier molecular flexibility index (Phi) is 3.76. The summed E-state index contributed by atoms with van der Waals surface area (Å²) in [6, 6.07) is 3.37. The smallest absolute Gasteiger partial charge is 0.189 e. The van der Waals surface area contributed by atoms with Gasteiger partial charge in [0.05, 0.1) is 12.1 Å². The standard InChI is InChI=1S/C18H21FO4/c19-15-5-4-10(18(20)21)7-17(15)23-9-22-16-8-11-6-14(16)13-3-1-2-12(11)13/h4-5,7,11-14,16H,1-3,6,8-9H2,(H,20,21)/p-1. The van der Waals surface area contributed by atoms with E-state index in [9.17, 15) is 14.3 Å². The summed E-state index contributed by atoms with van der Waals surface area (Å²) in [5, 5.41) is 10.8. The number of rotatable bonds is 5. The molecular formula is C18H20FO4-. The van der Waals surface area contributed by atoms with Crippen LogP contribution in [-0.2, 0) is 4.74 Å². The molecule has 0 saturated heterocycles. The minimum atomic E-state index is -1.35. The van der Waals surface area contributed by atoms with E-state index in [0.29, 0.717) is 5.92 Å². The number of carboxylic acids is 1. The van der Waals surface area contributed by atoms with Crippen molar-refractivity contribution < 1.29 is 23.8 Å². The molecule has 5 heteroatoms. The normalized spacial score (nSPS) is 34.6. The Labute approximate surface area is 134 Å². The van der Waals surface area contributed by atoms with Gasteiger partial charge in [-0.25, -0.2) is 4.39 Å². The van der Waals surface area contributed by atoms with Gasteiger partial charge < -0.3 is 19.4 Å². The van der Waals surface area contributed by atoms with Gasteiger partial charge in [0.25, 0.3) is 0 Å². The first-order valence-electron chi connectivity index (χ1n) is 8.39. The fourth-order valence-electron chi connectivity index (χ4n) is 5.12. The predicted octanol–water partition coefficient (Wildman–Crippen LogP) is 2.37. The maximum atomic E-state index is 13.7. The third-order valence-electron chi connectivity index (χ3n) is 6.03. The Morgan fingerprint density at radius 1 is 1.22 bits per heavy atom. The molecule has 0 aromatic heterocycles. The zero-order valence-corrected chi connectivity index (χ0v) is 12.9. The van der Waals surface area contributed by atoms with Gasteiger partial charge in [0.15, 0.2) is 18.4 Å². The molecule has 0 aliphatic heterocycles. The highest BCUT2D eigenvalue weighted by Crippen LogP contribution is 2.59. The first-order chi connectivity index (χ1) is 11.1. The fourth-order valence-corrected chi connectivity index (χ4v) is 5.12. The van der Waals surface area contributed by atoms with Crippen LogP contribution >= 0.6 is 0 Å². The fraction of sp³-hybridized carbons (Fsp3) is 0.611. The summed E-state index contributed by atoms with van der Waals surface area (Å²) in [6.45, 7) is -0.0430. The quantitative estimate of drug-likeness (QED) is 0.782. The highest BCUT2D eigenvalue weighted by molar-refractivity contribution is 5.86. The number of hydrogen-bond donors (Lipinski definition) is 0. The molecule has 3 aliphatic rings. The lowest BCUT2D eigenvalue weighted by Crippen LogP contribution is -2.31. The van der Waals surface area contributed by atoms with Gasteiger partial charge in [-0.3, -0.25) is 0 Å². The molecule has 0 spiro atoms. The second-order valence-corrected chi connectivity index (χ2v) is 7.05. The monoisotopic (exact) mass is 319 g/mol. The first kappa shape index (κ1) is 14.9. The third kappa shape index (κ3) is 2.61. The minimum absolute atomic E-state index is 0.0430. The molecule has 3 aliphatic carbocycles. The summed E-state index contributed by atoms with van der Waals surface area (Å²) >= 11 is 0. The summed E-state index contributed by atoms with van der Waals surface area (Å²) < 4.78 is 24.8. The molecule has 5 atom stereocenters. The van der Waals surface area contributed by atoms with Gasteiger partial charge >= 0.3 is 0 Å². The van der Waals surface area contributed by atoms with Crippen LogP contribution in [0.3, 0.4) is 0 Å². The third-order valence-corrected chi connectivity index (χ3v) is 6.03. The Balaban J connectivity index is 1.34. The Hall–Kier alpha value is -1.62. The molecule has 0 N–H and O–H groups in total. The zero-order chi connectivity index (χ0) is 16.0. The molecule has 2 bridgehead atoms. The summed E-state index contributed by atoms with van der Waals surface area (Å²) in [5.41, 5.74) is -0.102. The molecule has 0 amide bonds. The average Bonchev–Trinajstić information content (AvgIpc) is 3.20. The average molecular weight is 319 g/mol. The molecule has 1 aromatic rings. The van der Waals surface area contributed by atoms with E-state index < -0.39 is 11.8 Å². The summed E-state index contributed by atoms with van der Waals surface area (Å²) in [7, 11) is 0. The van der Waals surface area contributed by atoms with Crippen molar-refractivity contribution in [1.29, 1.82) is 0 Å². The molecule has 5 unspecified atom stereocenters. The van der Waals surface area contributed by atoms with E-state index in [1.165, 1.54) is 25.7 Å². The number of carbonyl (C=O) groups excluding carboxylic acids is 1. The van der Waals surface area contributed by atoms with Crippen LogP contribution in [0.2, 0.25) is 0 Å². The molecule has 124 valence electrons. The summed E-state index contributed by atoms with van der Waals surface area (Å²) in [4.78, 5) is 10.8. The summed E-state index contributed by atoms with van der Waals surface area (Å²) in [6.07, 6.45) is 6.56. The highest BCUT2D eigenvalue weighted by Gasteiger charge is 2.54. The summed E-state index contributed by atoms with van der Waals surface area (Å²) in [5.74, 6) is 1.06.